The largest absolute Gasteiger partial charge is 0.481 e. The van der Waals surface area contributed by atoms with E-state index in [0.717, 1.165) is 32.5 Å². The van der Waals surface area contributed by atoms with Gasteiger partial charge in [0.15, 0.2) is 0 Å². The number of ether oxygens (including phenoxy) is 1. The van der Waals surface area contributed by atoms with E-state index < -0.39 is 5.97 Å². The van der Waals surface area contributed by atoms with E-state index in [1.165, 1.54) is 0 Å². The molecule has 2 N–H and O–H groups in total. The predicted octanol–water partition coefficient (Wildman–Crippen LogP) is 2.28. The molecule has 4 nitrogen and oxygen atoms in total. The summed E-state index contributed by atoms with van der Waals surface area (Å²) in [5.74, 6) is -0.712. The van der Waals surface area contributed by atoms with Gasteiger partial charge in [0.1, 0.15) is 0 Å². The Kier molecular flexibility index (Phi) is 8.17. The van der Waals surface area contributed by atoms with Crippen LogP contribution < -0.4 is 5.32 Å². The Morgan fingerprint density at radius 1 is 1.29 bits per heavy atom. The van der Waals surface area contributed by atoms with Crippen LogP contribution in [-0.2, 0) is 9.53 Å². The summed E-state index contributed by atoms with van der Waals surface area (Å²) >= 11 is 0. The van der Waals surface area contributed by atoms with Gasteiger partial charge in [0.2, 0.25) is 0 Å². The lowest BCUT2D eigenvalue weighted by molar-refractivity contribution is -0.137. The molecule has 102 valence electrons. The van der Waals surface area contributed by atoms with Gasteiger partial charge in [-0.2, -0.15) is 0 Å². The molecular weight excluding hydrogens is 218 g/mol. The standard InChI is InChI=1S/C13H27NO3/c1-11(2)17-10-9-14-8-7-13(3,4)6-5-12(15)16/h11,14H,5-10H2,1-4H3,(H,15,16). The van der Waals surface area contributed by atoms with Crippen LogP contribution in [0.25, 0.3) is 0 Å². The molecule has 0 radical (unpaired) electrons. The normalized spacial score (nSPS) is 12.1. The first kappa shape index (κ1) is 16.4. The van der Waals surface area contributed by atoms with Gasteiger partial charge in [-0.05, 0) is 38.6 Å². The lowest BCUT2D eigenvalue weighted by Crippen LogP contribution is -2.26. The minimum atomic E-state index is -0.712. The van der Waals surface area contributed by atoms with Crippen molar-refractivity contribution in [3.63, 3.8) is 0 Å². The van der Waals surface area contributed by atoms with Crippen molar-refractivity contribution >= 4 is 5.97 Å². The van der Waals surface area contributed by atoms with Crippen LogP contribution in [-0.4, -0.2) is 36.9 Å². The Hall–Kier alpha value is -0.610. The van der Waals surface area contributed by atoms with Gasteiger partial charge < -0.3 is 15.2 Å². The quantitative estimate of drug-likeness (QED) is 0.580. The van der Waals surface area contributed by atoms with Crippen LogP contribution in [0.1, 0.15) is 47.0 Å². The molecule has 0 atom stereocenters. The molecule has 0 rings (SSSR count). The fourth-order valence-corrected chi connectivity index (χ4v) is 1.49. The van der Waals surface area contributed by atoms with Crippen LogP contribution >= 0.6 is 0 Å². The molecule has 0 saturated heterocycles. The third-order valence-corrected chi connectivity index (χ3v) is 2.72. The molecule has 0 aliphatic heterocycles. The highest BCUT2D eigenvalue weighted by atomic mass is 16.5. The molecule has 0 aromatic carbocycles. The Morgan fingerprint density at radius 2 is 1.94 bits per heavy atom. The lowest BCUT2D eigenvalue weighted by atomic mass is 9.84. The van der Waals surface area contributed by atoms with E-state index in [0.29, 0.717) is 0 Å². The molecule has 17 heavy (non-hydrogen) atoms. The molecule has 0 aromatic heterocycles. The number of hydrogen-bond donors (Lipinski definition) is 2. The minimum absolute atomic E-state index is 0.0876. The van der Waals surface area contributed by atoms with E-state index in [1.54, 1.807) is 0 Å². The van der Waals surface area contributed by atoms with Crippen LogP contribution in [0.15, 0.2) is 0 Å². The maximum absolute atomic E-state index is 10.5. The molecule has 0 unspecified atom stereocenters. The van der Waals surface area contributed by atoms with Gasteiger partial charge >= 0.3 is 5.97 Å². The van der Waals surface area contributed by atoms with Crippen LogP contribution in [0.3, 0.4) is 0 Å². The predicted molar refractivity (Wildman–Crippen MR) is 69.2 cm³/mol. The van der Waals surface area contributed by atoms with Gasteiger partial charge in [0.05, 0.1) is 12.7 Å². The molecule has 0 fully saturated rings. The monoisotopic (exact) mass is 245 g/mol. The summed E-state index contributed by atoms with van der Waals surface area (Å²) in [5.41, 5.74) is 0.0876. The Morgan fingerprint density at radius 3 is 2.47 bits per heavy atom. The van der Waals surface area contributed by atoms with E-state index in [-0.39, 0.29) is 17.9 Å². The molecule has 4 heteroatoms. The highest BCUT2D eigenvalue weighted by Crippen LogP contribution is 2.25. The molecular formula is C13H27NO3. The summed E-state index contributed by atoms with van der Waals surface area (Å²) in [4.78, 5) is 10.5. The molecule has 0 aliphatic rings. The van der Waals surface area contributed by atoms with Crippen molar-refractivity contribution in [2.45, 2.75) is 53.1 Å². The lowest BCUT2D eigenvalue weighted by Gasteiger charge is -2.23. The zero-order chi connectivity index (χ0) is 13.3. The van der Waals surface area contributed by atoms with Crippen molar-refractivity contribution in [1.82, 2.24) is 5.32 Å². The van der Waals surface area contributed by atoms with Crippen molar-refractivity contribution < 1.29 is 14.6 Å². The number of nitrogens with one attached hydrogen (secondary N) is 1. The van der Waals surface area contributed by atoms with E-state index >= 15 is 0 Å². The third-order valence-electron chi connectivity index (χ3n) is 2.72. The zero-order valence-electron chi connectivity index (χ0n) is 11.6. The smallest absolute Gasteiger partial charge is 0.303 e. The molecule has 0 bridgehead atoms. The second-order valence-electron chi connectivity index (χ2n) is 5.48. The van der Waals surface area contributed by atoms with Crippen molar-refractivity contribution in [2.24, 2.45) is 5.41 Å². The van der Waals surface area contributed by atoms with Crippen LogP contribution in [0.2, 0.25) is 0 Å². The van der Waals surface area contributed by atoms with E-state index in [1.807, 2.05) is 13.8 Å². The maximum atomic E-state index is 10.5. The number of rotatable bonds is 10. The molecule has 0 aliphatic carbocycles. The number of carboxylic acid groups (broad SMARTS) is 1. The number of hydrogen-bond acceptors (Lipinski definition) is 3. The highest BCUT2D eigenvalue weighted by Gasteiger charge is 2.18. The molecule has 0 spiro atoms. The Balaban J connectivity index is 3.48. The summed E-state index contributed by atoms with van der Waals surface area (Å²) in [7, 11) is 0. The molecule has 0 saturated carbocycles. The van der Waals surface area contributed by atoms with Gasteiger partial charge in [-0.1, -0.05) is 13.8 Å². The fraction of sp³-hybridized carbons (Fsp3) is 0.923. The summed E-state index contributed by atoms with van der Waals surface area (Å²) in [5, 5.41) is 12.0. The molecule has 0 amide bonds. The van der Waals surface area contributed by atoms with Crippen LogP contribution in [0.5, 0.6) is 0 Å². The van der Waals surface area contributed by atoms with Crippen molar-refractivity contribution in [3.8, 4) is 0 Å². The van der Waals surface area contributed by atoms with Crippen molar-refractivity contribution in [1.29, 1.82) is 0 Å². The van der Waals surface area contributed by atoms with E-state index in [9.17, 15) is 4.79 Å². The first-order chi connectivity index (χ1) is 7.83. The summed E-state index contributed by atoms with van der Waals surface area (Å²) in [6.45, 7) is 10.8. The van der Waals surface area contributed by atoms with Crippen molar-refractivity contribution in [2.75, 3.05) is 19.7 Å². The number of carbonyl (C=O) groups is 1. The van der Waals surface area contributed by atoms with Crippen LogP contribution in [0, 0.1) is 5.41 Å². The summed E-state index contributed by atoms with van der Waals surface area (Å²) in [6.07, 6.45) is 2.25. The SMILES string of the molecule is CC(C)OCCNCCC(C)(C)CCC(=O)O. The fourth-order valence-electron chi connectivity index (χ4n) is 1.49. The average Bonchev–Trinajstić information content (AvgIpc) is 2.20. The zero-order valence-corrected chi connectivity index (χ0v) is 11.6. The van der Waals surface area contributed by atoms with Gasteiger partial charge in [0.25, 0.3) is 0 Å². The number of aliphatic carboxylic acids is 1. The maximum Gasteiger partial charge on any atom is 0.303 e. The topological polar surface area (TPSA) is 58.6 Å². The van der Waals surface area contributed by atoms with E-state index in [4.69, 9.17) is 9.84 Å². The van der Waals surface area contributed by atoms with Crippen LogP contribution in [0.4, 0.5) is 0 Å². The van der Waals surface area contributed by atoms with Crippen molar-refractivity contribution in [3.05, 3.63) is 0 Å². The Labute approximate surface area is 105 Å². The second-order valence-corrected chi connectivity index (χ2v) is 5.48. The molecule has 0 aromatic rings. The van der Waals surface area contributed by atoms with Gasteiger partial charge in [-0.25, -0.2) is 0 Å². The third kappa shape index (κ3) is 11.6. The second kappa shape index (κ2) is 8.48. The summed E-state index contributed by atoms with van der Waals surface area (Å²) < 4.78 is 5.41. The first-order valence-corrected chi connectivity index (χ1v) is 6.37. The van der Waals surface area contributed by atoms with Gasteiger partial charge in [0, 0.05) is 13.0 Å². The number of carboxylic acids is 1. The Bertz CT molecular complexity index is 215. The average molecular weight is 245 g/mol. The summed E-state index contributed by atoms with van der Waals surface area (Å²) in [6, 6.07) is 0. The van der Waals surface area contributed by atoms with Gasteiger partial charge in [-0.3, -0.25) is 4.79 Å². The highest BCUT2D eigenvalue weighted by molar-refractivity contribution is 5.66. The van der Waals surface area contributed by atoms with Gasteiger partial charge in [-0.15, -0.1) is 0 Å². The van der Waals surface area contributed by atoms with E-state index in [2.05, 4.69) is 19.2 Å². The first-order valence-electron chi connectivity index (χ1n) is 6.37. The molecule has 0 heterocycles. The minimum Gasteiger partial charge on any atom is -0.481 e.